The molecular formula is C16H17N3O8S2. The zero-order valence-electron chi connectivity index (χ0n) is 15.0. The topological polar surface area (TPSA) is 165 Å². The molecule has 3 rings (SSSR count). The minimum Gasteiger partial charge on any atom is -0.506 e. The molecule has 2 aromatic carbocycles. The smallest absolute Gasteiger partial charge is 0.293 e. The number of phenols is 1. The number of nitro benzene ring substituents is 1. The number of nitro groups is 1. The van der Waals surface area contributed by atoms with Crippen molar-refractivity contribution < 1.29 is 31.6 Å². The number of aromatic hydroxyl groups is 1. The molecule has 0 bridgehead atoms. The number of sulfonamides is 2. The predicted octanol–water partition coefficient (Wildman–Crippen LogP) is 1.55. The largest absolute Gasteiger partial charge is 0.506 e. The standard InChI is InChI=1S/C16H17N3O8S2/c1-27-11-4-7-16(14(8-11)19(21)22)29(25,26)18-13-9-12(5-6-15(13)20)28(23,24)17-10-2-3-10/h4-10,17-18,20H,2-3H2,1H3. The van der Waals surface area contributed by atoms with Crippen LogP contribution in [0.25, 0.3) is 0 Å². The Morgan fingerprint density at radius 3 is 2.38 bits per heavy atom. The van der Waals surface area contributed by atoms with Gasteiger partial charge in [-0.05, 0) is 43.2 Å². The zero-order chi connectivity index (χ0) is 21.4. The first-order chi connectivity index (χ1) is 13.5. The van der Waals surface area contributed by atoms with Crippen molar-refractivity contribution in [3.05, 3.63) is 46.5 Å². The number of benzene rings is 2. The average Bonchev–Trinajstić information content (AvgIpc) is 3.45. The Bertz CT molecular complexity index is 1170. The van der Waals surface area contributed by atoms with E-state index in [1.54, 1.807) is 0 Å². The number of hydrogen-bond acceptors (Lipinski definition) is 8. The van der Waals surface area contributed by atoms with Crippen LogP contribution in [0.2, 0.25) is 0 Å². The first-order valence-corrected chi connectivity index (χ1v) is 11.2. The summed E-state index contributed by atoms with van der Waals surface area (Å²) in [7, 11) is -7.17. The molecular weight excluding hydrogens is 426 g/mol. The first-order valence-electron chi connectivity index (χ1n) is 8.24. The first kappa shape index (κ1) is 20.8. The van der Waals surface area contributed by atoms with E-state index in [0.29, 0.717) is 12.8 Å². The Labute approximate surface area is 166 Å². The lowest BCUT2D eigenvalue weighted by Gasteiger charge is -2.12. The van der Waals surface area contributed by atoms with Gasteiger partial charge < -0.3 is 9.84 Å². The maximum Gasteiger partial charge on any atom is 0.293 e. The molecule has 1 aliphatic rings. The number of nitrogens with zero attached hydrogens (tertiary/aromatic N) is 1. The maximum atomic E-state index is 12.7. The molecule has 0 aliphatic heterocycles. The second kappa shape index (κ2) is 7.50. The van der Waals surface area contributed by atoms with Crippen molar-refractivity contribution in [1.82, 2.24) is 4.72 Å². The normalized spacial score (nSPS) is 14.4. The second-order valence-corrected chi connectivity index (χ2v) is 9.64. The molecule has 13 heteroatoms. The van der Waals surface area contributed by atoms with Crippen molar-refractivity contribution >= 4 is 31.4 Å². The van der Waals surface area contributed by atoms with Crippen LogP contribution >= 0.6 is 0 Å². The summed E-state index contributed by atoms with van der Waals surface area (Å²) in [6, 6.07) is 6.04. The van der Waals surface area contributed by atoms with E-state index in [-0.39, 0.29) is 16.7 Å². The Balaban J connectivity index is 1.99. The lowest BCUT2D eigenvalue weighted by molar-refractivity contribution is -0.387. The Morgan fingerprint density at radius 1 is 1.10 bits per heavy atom. The van der Waals surface area contributed by atoms with Gasteiger partial charge in [-0.2, -0.15) is 0 Å². The van der Waals surface area contributed by atoms with Gasteiger partial charge in [-0.3, -0.25) is 14.8 Å². The van der Waals surface area contributed by atoms with Crippen molar-refractivity contribution in [2.24, 2.45) is 0 Å². The SMILES string of the molecule is COc1ccc(S(=O)(=O)Nc2cc(S(=O)(=O)NC3CC3)ccc2O)c([N+](=O)[O-])c1. The molecule has 1 fully saturated rings. The molecule has 0 unspecified atom stereocenters. The highest BCUT2D eigenvalue weighted by molar-refractivity contribution is 7.93. The van der Waals surface area contributed by atoms with Crippen molar-refractivity contribution in [2.45, 2.75) is 28.7 Å². The summed E-state index contributed by atoms with van der Waals surface area (Å²) in [5, 5.41) is 21.2. The lowest BCUT2D eigenvalue weighted by Crippen LogP contribution is -2.25. The van der Waals surface area contributed by atoms with E-state index in [0.717, 1.165) is 30.3 Å². The van der Waals surface area contributed by atoms with Crippen molar-refractivity contribution in [3.8, 4) is 11.5 Å². The third-order valence-corrected chi connectivity index (χ3v) is 7.01. The van der Waals surface area contributed by atoms with Crippen molar-refractivity contribution in [2.75, 3.05) is 11.8 Å². The van der Waals surface area contributed by atoms with Crippen molar-refractivity contribution in [1.29, 1.82) is 0 Å². The Morgan fingerprint density at radius 2 is 1.79 bits per heavy atom. The zero-order valence-corrected chi connectivity index (χ0v) is 16.7. The van der Waals surface area contributed by atoms with E-state index in [1.807, 2.05) is 4.72 Å². The van der Waals surface area contributed by atoms with Crippen LogP contribution in [-0.4, -0.2) is 40.0 Å². The van der Waals surface area contributed by atoms with Gasteiger partial charge in [-0.1, -0.05) is 0 Å². The van der Waals surface area contributed by atoms with Gasteiger partial charge in [-0.15, -0.1) is 0 Å². The minimum atomic E-state index is -4.53. The van der Waals surface area contributed by atoms with Crippen LogP contribution in [-0.2, 0) is 20.0 Å². The van der Waals surface area contributed by atoms with Crippen LogP contribution in [0.15, 0.2) is 46.2 Å². The molecule has 0 aromatic heterocycles. The molecule has 1 saturated carbocycles. The number of anilines is 1. The van der Waals surface area contributed by atoms with Gasteiger partial charge in [-0.25, -0.2) is 21.6 Å². The number of ether oxygens (including phenoxy) is 1. The summed E-state index contributed by atoms with van der Waals surface area (Å²) in [5.41, 5.74) is -1.18. The number of rotatable bonds is 8. The molecule has 0 spiro atoms. The van der Waals surface area contributed by atoms with Crippen LogP contribution in [0, 0.1) is 10.1 Å². The molecule has 1 aliphatic carbocycles. The molecule has 11 nitrogen and oxygen atoms in total. The van der Waals surface area contributed by atoms with E-state index in [9.17, 15) is 32.1 Å². The highest BCUT2D eigenvalue weighted by Crippen LogP contribution is 2.33. The van der Waals surface area contributed by atoms with E-state index < -0.39 is 47.0 Å². The Hall–Kier alpha value is -2.90. The minimum absolute atomic E-state index is 0.0812. The third-order valence-electron chi connectivity index (χ3n) is 4.07. The van der Waals surface area contributed by atoms with Gasteiger partial charge in [0.2, 0.25) is 10.0 Å². The van der Waals surface area contributed by atoms with E-state index in [1.165, 1.54) is 13.2 Å². The highest BCUT2D eigenvalue weighted by atomic mass is 32.2. The quantitative estimate of drug-likeness (QED) is 0.314. The van der Waals surface area contributed by atoms with Crippen LogP contribution in [0.4, 0.5) is 11.4 Å². The molecule has 0 radical (unpaired) electrons. The average molecular weight is 443 g/mol. The molecule has 0 amide bonds. The highest BCUT2D eigenvalue weighted by Gasteiger charge is 2.30. The number of methoxy groups -OCH3 is 1. The molecule has 2 aromatic rings. The predicted molar refractivity (Wildman–Crippen MR) is 102 cm³/mol. The molecule has 156 valence electrons. The fraction of sp³-hybridized carbons (Fsp3) is 0.250. The van der Waals surface area contributed by atoms with Crippen LogP contribution in [0.5, 0.6) is 11.5 Å². The second-order valence-electron chi connectivity index (χ2n) is 6.27. The summed E-state index contributed by atoms with van der Waals surface area (Å²) < 4.78 is 59.3. The van der Waals surface area contributed by atoms with Gasteiger partial charge in [0.05, 0.1) is 28.7 Å². The van der Waals surface area contributed by atoms with Crippen LogP contribution in [0.1, 0.15) is 12.8 Å². The summed E-state index contributed by atoms with van der Waals surface area (Å²) >= 11 is 0. The van der Waals surface area contributed by atoms with Crippen LogP contribution < -0.4 is 14.2 Å². The molecule has 0 heterocycles. The van der Waals surface area contributed by atoms with E-state index in [2.05, 4.69) is 4.72 Å². The van der Waals surface area contributed by atoms with Gasteiger partial charge in [0.25, 0.3) is 15.7 Å². The fourth-order valence-corrected chi connectivity index (χ4v) is 5.00. The number of hydrogen-bond donors (Lipinski definition) is 3. The van der Waals surface area contributed by atoms with E-state index in [4.69, 9.17) is 4.74 Å². The fourth-order valence-electron chi connectivity index (χ4n) is 2.45. The van der Waals surface area contributed by atoms with E-state index >= 15 is 0 Å². The maximum absolute atomic E-state index is 12.7. The number of phenolic OH excluding ortho intramolecular Hbond substituents is 1. The molecule has 0 saturated heterocycles. The summed E-state index contributed by atoms with van der Waals surface area (Å²) in [4.78, 5) is 9.45. The lowest BCUT2D eigenvalue weighted by atomic mass is 10.3. The molecule has 3 N–H and O–H groups in total. The molecule has 0 atom stereocenters. The number of nitrogens with one attached hydrogen (secondary N) is 2. The summed E-state index contributed by atoms with van der Waals surface area (Å²) in [6.45, 7) is 0. The van der Waals surface area contributed by atoms with Crippen LogP contribution in [0.3, 0.4) is 0 Å². The summed E-state index contributed by atoms with van der Waals surface area (Å²) in [6.07, 6.45) is 1.41. The van der Waals surface area contributed by atoms with Gasteiger partial charge in [0.15, 0.2) is 4.90 Å². The summed E-state index contributed by atoms with van der Waals surface area (Å²) in [5.74, 6) is -0.465. The molecule has 29 heavy (non-hydrogen) atoms. The van der Waals surface area contributed by atoms with Crippen molar-refractivity contribution in [3.63, 3.8) is 0 Å². The Kier molecular flexibility index (Phi) is 5.38. The van der Waals surface area contributed by atoms with Gasteiger partial charge in [0.1, 0.15) is 11.5 Å². The third kappa shape index (κ3) is 4.58. The van der Waals surface area contributed by atoms with Gasteiger partial charge >= 0.3 is 0 Å². The monoisotopic (exact) mass is 443 g/mol. The van der Waals surface area contributed by atoms with Gasteiger partial charge in [0, 0.05) is 6.04 Å².